The molecule has 0 spiro atoms. The van der Waals surface area contributed by atoms with Crippen molar-refractivity contribution in [1.82, 2.24) is 9.97 Å². The normalized spacial score (nSPS) is 15.1. The van der Waals surface area contributed by atoms with Crippen LogP contribution in [-0.2, 0) is 4.79 Å². The van der Waals surface area contributed by atoms with Crippen molar-refractivity contribution in [3.05, 3.63) is 41.8 Å². The highest BCUT2D eigenvalue weighted by Gasteiger charge is 2.27. The fourth-order valence-electron chi connectivity index (χ4n) is 2.91. The second-order valence-corrected chi connectivity index (χ2v) is 6.08. The Balaban J connectivity index is 1.61. The van der Waals surface area contributed by atoms with Crippen molar-refractivity contribution in [1.29, 1.82) is 0 Å². The van der Waals surface area contributed by atoms with Crippen LogP contribution >= 0.6 is 0 Å². The van der Waals surface area contributed by atoms with Gasteiger partial charge < -0.3 is 15.0 Å². The third-order valence-electron chi connectivity index (χ3n) is 4.31. The lowest BCUT2D eigenvalue weighted by Gasteiger charge is -2.31. The molecule has 0 unspecified atom stereocenters. The monoisotopic (exact) mass is 344 g/mol. The Kier molecular flexibility index (Phi) is 5.11. The van der Waals surface area contributed by atoms with Gasteiger partial charge in [-0.25, -0.2) is 9.37 Å². The average Bonchev–Trinajstić information content (AvgIpc) is 2.63. The summed E-state index contributed by atoms with van der Waals surface area (Å²) in [5, 5.41) is 2.68. The Morgan fingerprint density at radius 1 is 1.28 bits per heavy atom. The van der Waals surface area contributed by atoms with Crippen molar-refractivity contribution in [2.45, 2.75) is 19.8 Å². The molecular weight excluding hydrogens is 323 g/mol. The van der Waals surface area contributed by atoms with E-state index >= 15 is 0 Å². The smallest absolute Gasteiger partial charge is 0.228 e. The van der Waals surface area contributed by atoms with Crippen molar-refractivity contribution in [3.8, 4) is 5.88 Å². The Morgan fingerprint density at radius 2 is 2.00 bits per heavy atom. The van der Waals surface area contributed by atoms with Gasteiger partial charge in [0.15, 0.2) is 0 Å². The van der Waals surface area contributed by atoms with E-state index in [4.69, 9.17) is 4.74 Å². The average molecular weight is 344 g/mol. The van der Waals surface area contributed by atoms with Gasteiger partial charge in [-0.15, -0.1) is 0 Å². The number of halogens is 1. The predicted octanol–water partition coefficient (Wildman–Crippen LogP) is 2.79. The van der Waals surface area contributed by atoms with Crippen molar-refractivity contribution in [3.63, 3.8) is 0 Å². The van der Waals surface area contributed by atoms with Crippen LogP contribution in [0.3, 0.4) is 0 Å². The number of aromatic nitrogens is 2. The number of carbonyl (C=O) groups is 1. The van der Waals surface area contributed by atoms with E-state index < -0.39 is 5.82 Å². The summed E-state index contributed by atoms with van der Waals surface area (Å²) in [7, 11) is 1.57. The predicted molar refractivity (Wildman–Crippen MR) is 93.3 cm³/mol. The second kappa shape index (κ2) is 7.46. The Morgan fingerprint density at radius 3 is 2.68 bits per heavy atom. The highest BCUT2D eigenvalue weighted by molar-refractivity contribution is 5.92. The van der Waals surface area contributed by atoms with Gasteiger partial charge in [-0.1, -0.05) is 12.1 Å². The molecular formula is C18H21FN4O2. The van der Waals surface area contributed by atoms with Crippen LogP contribution in [0.25, 0.3) is 0 Å². The second-order valence-electron chi connectivity index (χ2n) is 6.08. The molecule has 132 valence electrons. The van der Waals surface area contributed by atoms with Gasteiger partial charge in [0.1, 0.15) is 5.82 Å². The lowest BCUT2D eigenvalue weighted by molar-refractivity contribution is -0.120. The number of anilines is 2. The minimum absolute atomic E-state index is 0.146. The van der Waals surface area contributed by atoms with Crippen LogP contribution in [0.5, 0.6) is 5.88 Å². The first-order valence-electron chi connectivity index (χ1n) is 8.27. The first-order valence-corrected chi connectivity index (χ1v) is 8.27. The topological polar surface area (TPSA) is 67.3 Å². The molecule has 1 N–H and O–H groups in total. The lowest BCUT2D eigenvalue weighted by Crippen LogP contribution is -2.39. The molecule has 1 fully saturated rings. The van der Waals surface area contributed by atoms with E-state index in [2.05, 4.69) is 15.3 Å². The highest BCUT2D eigenvalue weighted by atomic mass is 19.1. The molecule has 1 amide bonds. The van der Waals surface area contributed by atoms with Crippen molar-refractivity contribution < 1.29 is 13.9 Å². The summed E-state index contributed by atoms with van der Waals surface area (Å²) in [5.74, 6) is 0.426. The molecule has 1 aromatic carbocycles. The van der Waals surface area contributed by atoms with Crippen LogP contribution in [0.2, 0.25) is 0 Å². The maximum Gasteiger partial charge on any atom is 0.228 e. The van der Waals surface area contributed by atoms with Crippen LogP contribution in [0, 0.1) is 18.7 Å². The van der Waals surface area contributed by atoms with Gasteiger partial charge in [0.25, 0.3) is 0 Å². The maximum atomic E-state index is 13.7. The Bertz CT molecular complexity index is 760. The molecule has 2 aromatic rings. The summed E-state index contributed by atoms with van der Waals surface area (Å²) in [6.45, 7) is 3.23. The third kappa shape index (κ3) is 4.04. The molecule has 3 rings (SSSR count). The van der Waals surface area contributed by atoms with Crippen LogP contribution in [0.15, 0.2) is 30.3 Å². The van der Waals surface area contributed by atoms with Gasteiger partial charge in [0, 0.05) is 30.8 Å². The van der Waals surface area contributed by atoms with E-state index in [1.807, 2.05) is 11.8 Å². The number of aryl methyl sites for hydroxylation is 1. The first-order chi connectivity index (χ1) is 12.1. The number of hydrogen-bond acceptors (Lipinski definition) is 5. The number of rotatable bonds is 4. The first kappa shape index (κ1) is 17.1. The zero-order valence-corrected chi connectivity index (χ0v) is 14.3. The molecule has 1 saturated heterocycles. The number of carbonyl (C=O) groups excluding carboxylic acids is 1. The fraction of sp³-hybridized carbons (Fsp3) is 0.389. The number of ether oxygens (including phenoxy) is 1. The molecule has 1 aliphatic heterocycles. The quantitative estimate of drug-likeness (QED) is 0.924. The molecule has 0 radical (unpaired) electrons. The van der Waals surface area contributed by atoms with Crippen molar-refractivity contribution in [2.75, 3.05) is 30.4 Å². The van der Waals surface area contributed by atoms with Gasteiger partial charge in [0.2, 0.25) is 17.7 Å². The van der Waals surface area contributed by atoms with Gasteiger partial charge in [-0.05, 0) is 31.9 Å². The highest BCUT2D eigenvalue weighted by Crippen LogP contribution is 2.24. The fourth-order valence-corrected chi connectivity index (χ4v) is 2.91. The lowest BCUT2D eigenvalue weighted by atomic mass is 9.96. The van der Waals surface area contributed by atoms with Crippen LogP contribution in [0.1, 0.15) is 18.5 Å². The molecule has 0 aliphatic carbocycles. The van der Waals surface area contributed by atoms with E-state index in [1.165, 1.54) is 6.07 Å². The Labute approximate surface area is 146 Å². The molecule has 0 atom stereocenters. The number of hydrogen-bond donors (Lipinski definition) is 1. The summed E-state index contributed by atoms with van der Waals surface area (Å²) in [4.78, 5) is 23.2. The molecule has 25 heavy (non-hydrogen) atoms. The van der Waals surface area contributed by atoms with Crippen LogP contribution < -0.4 is 15.0 Å². The molecule has 7 heteroatoms. The summed E-state index contributed by atoms with van der Waals surface area (Å²) >= 11 is 0. The molecule has 0 saturated carbocycles. The number of methoxy groups -OCH3 is 1. The third-order valence-corrected chi connectivity index (χ3v) is 4.31. The minimum atomic E-state index is -0.423. The largest absolute Gasteiger partial charge is 0.481 e. The maximum absolute atomic E-state index is 13.7. The van der Waals surface area contributed by atoms with Crippen molar-refractivity contribution in [2.24, 2.45) is 5.92 Å². The molecule has 1 aromatic heterocycles. The van der Waals surface area contributed by atoms with Crippen molar-refractivity contribution >= 4 is 17.5 Å². The van der Waals surface area contributed by atoms with E-state index in [9.17, 15) is 9.18 Å². The van der Waals surface area contributed by atoms with E-state index in [-0.39, 0.29) is 17.5 Å². The zero-order valence-electron chi connectivity index (χ0n) is 14.3. The molecule has 2 heterocycles. The summed E-state index contributed by atoms with van der Waals surface area (Å²) < 4.78 is 18.8. The number of amides is 1. The SMILES string of the molecule is COc1cc(C)nc(N2CCC(C(=O)Nc3ccccc3F)CC2)n1. The van der Waals surface area contributed by atoms with E-state index in [0.29, 0.717) is 37.8 Å². The van der Waals surface area contributed by atoms with Gasteiger partial charge in [-0.3, -0.25) is 4.79 Å². The van der Waals surface area contributed by atoms with Crippen LogP contribution in [0.4, 0.5) is 16.0 Å². The molecule has 1 aliphatic rings. The summed E-state index contributed by atoms with van der Waals surface area (Å²) in [6, 6.07) is 7.97. The minimum Gasteiger partial charge on any atom is -0.481 e. The number of nitrogens with zero attached hydrogens (tertiary/aromatic N) is 3. The standard InChI is InChI=1S/C18H21FN4O2/c1-12-11-16(25-2)22-18(20-12)23-9-7-13(8-10-23)17(24)21-15-6-4-3-5-14(15)19/h3-6,11,13H,7-10H2,1-2H3,(H,21,24). The number of piperidine rings is 1. The Hall–Kier alpha value is -2.70. The number of para-hydroxylation sites is 1. The number of nitrogens with one attached hydrogen (secondary N) is 1. The molecule has 0 bridgehead atoms. The van der Waals surface area contributed by atoms with Crippen LogP contribution in [-0.4, -0.2) is 36.1 Å². The zero-order chi connectivity index (χ0) is 17.8. The van der Waals surface area contributed by atoms with E-state index in [1.54, 1.807) is 31.4 Å². The summed E-state index contributed by atoms with van der Waals surface area (Å²) in [6.07, 6.45) is 1.33. The number of benzene rings is 1. The molecule has 6 nitrogen and oxygen atoms in total. The van der Waals surface area contributed by atoms with Gasteiger partial charge in [-0.2, -0.15) is 4.98 Å². The van der Waals surface area contributed by atoms with E-state index in [0.717, 1.165) is 5.69 Å². The summed E-state index contributed by atoms with van der Waals surface area (Å²) in [5.41, 5.74) is 1.06. The van der Waals surface area contributed by atoms with Gasteiger partial charge in [0.05, 0.1) is 12.8 Å². The van der Waals surface area contributed by atoms with Gasteiger partial charge >= 0.3 is 0 Å².